The first kappa shape index (κ1) is 19.8. The number of urea groups is 1. The molecule has 2 aromatic rings. The SMILES string of the molecule is NS(=O)(=O)c1ccc(CCNC(=O)Nc2ccc(S(N)(=O)=O)cc2)cc1. The van der Waals surface area contributed by atoms with E-state index in [1.54, 1.807) is 12.1 Å². The van der Waals surface area contributed by atoms with Crippen LogP contribution in [-0.2, 0) is 26.5 Å². The number of carbonyl (C=O) groups is 1. The number of carbonyl (C=O) groups excluding carboxylic acids is 1. The third kappa shape index (κ3) is 5.81. The van der Waals surface area contributed by atoms with Crippen molar-refractivity contribution in [1.82, 2.24) is 5.32 Å². The molecule has 0 bridgehead atoms. The third-order valence-electron chi connectivity index (χ3n) is 3.39. The maximum absolute atomic E-state index is 11.8. The number of hydrogen-bond acceptors (Lipinski definition) is 5. The number of benzene rings is 2. The predicted molar refractivity (Wildman–Crippen MR) is 96.4 cm³/mol. The molecule has 0 saturated carbocycles. The van der Waals surface area contributed by atoms with Crippen LogP contribution in [0.3, 0.4) is 0 Å². The van der Waals surface area contributed by atoms with Crippen molar-refractivity contribution in [1.29, 1.82) is 0 Å². The van der Waals surface area contributed by atoms with Gasteiger partial charge in [0.2, 0.25) is 20.0 Å². The Labute approximate surface area is 151 Å². The van der Waals surface area contributed by atoms with E-state index in [1.807, 2.05) is 0 Å². The van der Waals surface area contributed by atoms with E-state index < -0.39 is 26.1 Å². The third-order valence-corrected chi connectivity index (χ3v) is 5.25. The fourth-order valence-electron chi connectivity index (χ4n) is 2.07. The molecule has 140 valence electrons. The van der Waals surface area contributed by atoms with Crippen LogP contribution in [0.1, 0.15) is 5.56 Å². The highest BCUT2D eigenvalue weighted by atomic mass is 32.2. The van der Waals surface area contributed by atoms with Crippen LogP contribution in [0.4, 0.5) is 10.5 Å². The molecule has 0 heterocycles. The fourth-order valence-corrected chi connectivity index (χ4v) is 3.10. The second-order valence-electron chi connectivity index (χ2n) is 5.39. The lowest BCUT2D eigenvalue weighted by Crippen LogP contribution is -2.30. The second-order valence-corrected chi connectivity index (χ2v) is 8.51. The lowest BCUT2D eigenvalue weighted by molar-refractivity contribution is 0.252. The first-order valence-corrected chi connectivity index (χ1v) is 10.4. The topological polar surface area (TPSA) is 161 Å². The van der Waals surface area contributed by atoms with E-state index in [4.69, 9.17) is 10.3 Å². The molecule has 0 saturated heterocycles. The normalized spacial score (nSPS) is 11.8. The Hall–Kier alpha value is -2.47. The van der Waals surface area contributed by atoms with Crippen molar-refractivity contribution < 1.29 is 21.6 Å². The van der Waals surface area contributed by atoms with Gasteiger partial charge in [0.05, 0.1) is 9.79 Å². The van der Waals surface area contributed by atoms with Gasteiger partial charge in [-0.3, -0.25) is 0 Å². The molecule has 0 aliphatic heterocycles. The molecule has 0 aromatic heterocycles. The lowest BCUT2D eigenvalue weighted by atomic mass is 10.1. The number of amides is 2. The maximum atomic E-state index is 11.8. The average Bonchev–Trinajstić information content (AvgIpc) is 2.54. The zero-order valence-electron chi connectivity index (χ0n) is 13.5. The highest BCUT2D eigenvalue weighted by molar-refractivity contribution is 7.89. The monoisotopic (exact) mass is 398 g/mol. The minimum atomic E-state index is -3.78. The van der Waals surface area contributed by atoms with Crippen molar-refractivity contribution in [2.45, 2.75) is 16.2 Å². The Morgan fingerprint density at radius 2 is 1.27 bits per heavy atom. The van der Waals surface area contributed by atoms with Gasteiger partial charge in [0.15, 0.2) is 0 Å². The van der Waals surface area contributed by atoms with E-state index in [0.29, 0.717) is 18.7 Å². The minimum Gasteiger partial charge on any atom is -0.338 e. The molecular weight excluding hydrogens is 380 g/mol. The van der Waals surface area contributed by atoms with Gasteiger partial charge in [-0.2, -0.15) is 0 Å². The van der Waals surface area contributed by atoms with E-state index in [2.05, 4.69) is 10.6 Å². The largest absolute Gasteiger partial charge is 0.338 e. The molecule has 2 aromatic carbocycles. The second kappa shape index (κ2) is 7.83. The number of anilines is 1. The van der Waals surface area contributed by atoms with E-state index in [1.165, 1.54) is 36.4 Å². The van der Waals surface area contributed by atoms with Crippen molar-refractivity contribution >= 4 is 31.8 Å². The highest BCUT2D eigenvalue weighted by Gasteiger charge is 2.09. The van der Waals surface area contributed by atoms with Crippen LogP contribution in [-0.4, -0.2) is 29.4 Å². The summed E-state index contributed by atoms with van der Waals surface area (Å²) in [6.07, 6.45) is 0.489. The van der Waals surface area contributed by atoms with Crippen LogP contribution in [0.25, 0.3) is 0 Å². The number of rotatable bonds is 6. The summed E-state index contributed by atoms with van der Waals surface area (Å²) in [5.41, 5.74) is 1.24. The van der Waals surface area contributed by atoms with E-state index >= 15 is 0 Å². The number of nitrogens with two attached hydrogens (primary N) is 2. The predicted octanol–water partition coefficient (Wildman–Crippen LogP) is 0.346. The van der Waals surface area contributed by atoms with Gasteiger partial charge in [-0.15, -0.1) is 0 Å². The summed E-state index contributed by atoms with van der Waals surface area (Å²) >= 11 is 0. The lowest BCUT2D eigenvalue weighted by Gasteiger charge is -2.08. The smallest absolute Gasteiger partial charge is 0.319 e. The Morgan fingerprint density at radius 1 is 0.808 bits per heavy atom. The van der Waals surface area contributed by atoms with Gasteiger partial charge in [-0.1, -0.05) is 12.1 Å². The Morgan fingerprint density at radius 3 is 1.73 bits per heavy atom. The van der Waals surface area contributed by atoms with Crippen LogP contribution in [0.5, 0.6) is 0 Å². The van der Waals surface area contributed by atoms with Gasteiger partial charge >= 0.3 is 6.03 Å². The van der Waals surface area contributed by atoms with Gasteiger partial charge < -0.3 is 10.6 Å². The van der Waals surface area contributed by atoms with Gasteiger partial charge in [0.25, 0.3) is 0 Å². The molecule has 0 atom stereocenters. The number of nitrogens with one attached hydrogen (secondary N) is 2. The van der Waals surface area contributed by atoms with Crippen LogP contribution >= 0.6 is 0 Å². The molecule has 0 unspecified atom stereocenters. The molecule has 0 radical (unpaired) electrons. The van der Waals surface area contributed by atoms with Crippen molar-refractivity contribution in [2.24, 2.45) is 10.3 Å². The molecule has 6 N–H and O–H groups in total. The standard InChI is InChI=1S/C15H18N4O5S2/c16-25(21,22)13-5-1-11(2-6-13)9-10-18-15(20)19-12-3-7-14(8-4-12)26(17,23)24/h1-8H,9-10H2,(H2,16,21,22)(H2,17,23,24)(H2,18,19,20). The van der Waals surface area contributed by atoms with Crippen molar-refractivity contribution in [3.8, 4) is 0 Å². The molecule has 0 spiro atoms. The number of primary sulfonamides is 2. The summed E-state index contributed by atoms with van der Waals surface area (Å²) in [5, 5.41) is 15.2. The summed E-state index contributed by atoms with van der Waals surface area (Å²) < 4.78 is 44.7. The van der Waals surface area contributed by atoms with Gasteiger partial charge in [-0.25, -0.2) is 31.9 Å². The summed E-state index contributed by atoms with van der Waals surface area (Å²) in [4.78, 5) is 11.8. The van der Waals surface area contributed by atoms with Crippen LogP contribution < -0.4 is 20.9 Å². The summed E-state index contributed by atoms with van der Waals surface area (Å²) in [7, 11) is -7.50. The highest BCUT2D eigenvalue weighted by Crippen LogP contribution is 2.12. The summed E-state index contributed by atoms with van der Waals surface area (Å²) in [6.45, 7) is 0.315. The van der Waals surface area contributed by atoms with Gasteiger partial charge in [0, 0.05) is 12.2 Å². The Bertz CT molecular complexity index is 985. The molecule has 0 fully saturated rings. The van der Waals surface area contributed by atoms with Gasteiger partial charge in [-0.05, 0) is 48.4 Å². The van der Waals surface area contributed by atoms with Crippen LogP contribution in [0, 0.1) is 0 Å². The zero-order valence-corrected chi connectivity index (χ0v) is 15.2. The van der Waals surface area contributed by atoms with E-state index in [0.717, 1.165) is 5.56 Å². The summed E-state index contributed by atoms with van der Waals surface area (Å²) in [6, 6.07) is 11.0. The average molecular weight is 398 g/mol. The molecule has 2 amide bonds. The van der Waals surface area contributed by atoms with Crippen molar-refractivity contribution in [3.63, 3.8) is 0 Å². The number of hydrogen-bond donors (Lipinski definition) is 4. The molecule has 9 nitrogen and oxygen atoms in total. The van der Waals surface area contributed by atoms with Crippen molar-refractivity contribution in [3.05, 3.63) is 54.1 Å². The summed E-state index contributed by atoms with van der Waals surface area (Å²) in [5.74, 6) is 0. The minimum absolute atomic E-state index is 0.0230. The molecule has 0 aliphatic rings. The van der Waals surface area contributed by atoms with Gasteiger partial charge in [0.1, 0.15) is 0 Å². The zero-order chi connectivity index (χ0) is 19.4. The Kier molecular flexibility index (Phi) is 5.97. The molecule has 26 heavy (non-hydrogen) atoms. The molecule has 11 heteroatoms. The maximum Gasteiger partial charge on any atom is 0.319 e. The van der Waals surface area contributed by atoms with Crippen molar-refractivity contribution in [2.75, 3.05) is 11.9 Å². The van der Waals surface area contributed by atoms with E-state index in [-0.39, 0.29) is 9.79 Å². The molecular formula is C15H18N4O5S2. The quantitative estimate of drug-likeness (QED) is 0.551. The first-order valence-electron chi connectivity index (χ1n) is 7.35. The number of sulfonamides is 2. The van der Waals surface area contributed by atoms with Crippen LogP contribution in [0.15, 0.2) is 58.3 Å². The first-order chi connectivity index (χ1) is 12.1. The Balaban J connectivity index is 1.84. The molecule has 0 aliphatic carbocycles. The molecule has 2 rings (SSSR count). The fraction of sp³-hybridized carbons (Fsp3) is 0.133. The van der Waals surface area contributed by atoms with Crippen LogP contribution in [0.2, 0.25) is 0 Å². The van der Waals surface area contributed by atoms with E-state index in [9.17, 15) is 21.6 Å².